The van der Waals surface area contributed by atoms with Gasteiger partial charge in [-0.05, 0) is 42.5 Å². The van der Waals surface area contributed by atoms with Crippen molar-refractivity contribution in [2.45, 2.75) is 64.3 Å². The molecular formula is C36H37FLiN3O4-2. The number of amides is 1. The Hall–Kier alpha value is -3.75. The number of halogens is 1. The van der Waals surface area contributed by atoms with Crippen molar-refractivity contribution in [3.63, 3.8) is 0 Å². The van der Waals surface area contributed by atoms with E-state index in [1.807, 2.05) is 30.3 Å². The molecule has 9 heteroatoms. The predicted octanol–water partition coefficient (Wildman–Crippen LogP) is 3.05. The molecule has 1 amide bonds. The average molecular weight is 602 g/mol. The number of carbonyl (C=O) groups is 3. The Morgan fingerprint density at radius 2 is 1.71 bits per heavy atom. The number of carbonyl (C=O) groups excluding carboxylic acids is 3. The normalized spacial score (nSPS) is 16.4. The molecule has 1 unspecified atom stereocenters. The van der Waals surface area contributed by atoms with Crippen LogP contribution in [0.25, 0.3) is 0 Å². The van der Waals surface area contributed by atoms with Crippen molar-refractivity contribution in [3.05, 3.63) is 114 Å². The molecule has 3 aromatic rings. The number of benzene rings is 3. The molecule has 0 spiro atoms. The van der Waals surface area contributed by atoms with Gasteiger partial charge < -0.3 is 28.4 Å². The van der Waals surface area contributed by atoms with Crippen LogP contribution < -0.4 is 23.6 Å². The van der Waals surface area contributed by atoms with Crippen LogP contribution >= 0.6 is 0 Å². The van der Waals surface area contributed by atoms with Crippen LogP contribution in [0, 0.1) is 37.1 Å². The number of Topliss-reactive ketones (excluding diaryl/α,β-unsaturated/α-hetero) is 2. The van der Waals surface area contributed by atoms with Gasteiger partial charge in [-0.15, -0.1) is 25.2 Å². The molecule has 5 rings (SSSR count). The van der Waals surface area contributed by atoms with E-state index in [4.69, 9.17) is 10.00 Å². The molecule has 1 aliphatic carbocycles. The molecule has 7 nitrogen and oxygen atoms in total. The summed E-state index contributed by atoms with van der Waals surface area (Å²) in [5.41, 5.74) is 3.95. The van der Waals surface area contributed by atoms with Gasteiger partial charge in [0, 0.05) is 42.8 Å². The fourth-order valence-electron chi connectivity index (χ4n) is 5.35. The molecule has 1 atom stereocenters. The van der Waals surface area contributed by atoms with E-state index in [2.05, 4.69) is 36.9 Å². The quantitative estimate of drug-likeness (QED) is 0.291. The van der Waals surface area contributed by atoms with E-state index in [1.54, 1.807) is 11.0 Å². The summed E-state index contributed by atoms with van der Waals surface area (Å²) in [5.74, 6) is 0.248. The topological polar surface area (TPSA) is 90.7 Å². The molecule has 230 valence electrons. The number of ether oxygens (including phenoxy) is 1. The number of nitrogens with zero attached hydrogens (tertiary/aromatic N) is 3. The number of nitriles is 1. The summed E-state index contributed by atoms with van der Waals surface area (Å²) in [5, 5.41) is 8.23. The SMILES string of the molecule is N#Cc1cc[c-]c(F)c1.[CH2-]CN(C[CH2-])Cc1ccc(COc2cccc3c2CN(C2CCC(=O)CCCCC2=O)C3=O)cc1.[Li+]. The molecule has 0 aromatic heterocycles. The molecule has 45 heavy (non-hydrogen) atoms. The van der Waals surface area contributed by atoms with Crippen molar-refractivity contribution in [1.29, 1.82) is 5.26 Å². The summed E-state index contributed by atoms with van der Waals surface area (Å²) in [6, 6.07) is 21.3. The molecule has 0 radical (unpaired) electrons. The first-order valence-corrected chi connectivity index (χ1v) is 14.9. The molecule has 0 bridgehead atoms. The second-order valence-electron chi connectivity index (χ2n) is 10.9. The summed E-state index contributed by atoms with van der Waals surface area (Å²) in [6.45, 7) is 10.8. The zero-order chi connectivity index (χ0) is 31.5. The fraction of sp³-hybridized carbons (Fsp3) is 0.333. The summed E-state index contributed by atoms with van der Waals surface area (Å²) in [6.07, 6.45) is 3.13. The number of hydrogen-bond acceptors (Lipinski definition) is 6. The minimum absolute atomic E-state index is 0. The van der Waals surface area contributed by atoms with Crippen LogP contribution in [0.1, 0.15) is 71.1 Å². The number of ketones is 2. The third-order valence-electron chi connectivity index (χ3n) is 7.88. The van der Waals surface area contributed by atoms with Crippen molar-refractivity contribution < 1.29 is 42.4 Å². The molecule has 1 aliphatic heterocycles. The third kappa shape index (κ3) is 9.87. The van der Waals surface area contributed by atoms with Crippen LogP contribution in [0.3, 0.4) is 0 Å². The Labute approximate surface area is 277 Å². The van der Waals surface area contributed by atoms with Gasteiger partial charge in [0.05, 0.1) is 18.7 Å². The van der Waals surface area contributed by atoms with Gasteiger partial charge in [0.15, 0.2) is 5.78 Å². The van der Waals surface area contributed by atoms with E-state index < -0.39 is 11.9 Å². The first-order valence-electron chi connectivity index (χ1n) is 14.9. The van der Waals surface area contributed by atoms with Gasteiger partial charge in [0.25, 0.3) is 5.91 Å². The van der Waals surface area contributed by atoms with Crippen molar-refractivity contribution in [2.75, 3.05) is 13.1 Å². The van der Waals surface area contributed by atoms with Gasteiger partial charge in [-0.3, -0.25) is 14.4 Å². The molecule has 3 aromatic carbocycles. The van der Waals surface area contributed by atoms with Gasteiger partial charge >= 0.3 is 18.9 Å². The molecule has 1 heterocycles. The molecule has 2 aliphatic rings. The van der Waals surface area contributed by atoms with Crippen LogP contribution in [0.4, 0.5) is 4.39 Å². The molecular weight excluding hydrogens is 564 g/mol. The number of rotatable bonds is 8. The van der Waals surface area contributed by atoms with E-state index in [0.29, 0.717) is 75.2 Å². The summed E-state index contributed by atoms with van der Waals surface area (Å²) in [7, 11) is 0. The average Bonchev–Trinajstić information content (AvgIpc) is 3.41. The van der Waals surface area contributed by atoms with Gasteiger partial charge in [0.1, 0.15) is 18.1 Å². The Morgan fingerprint density at radius 1 is 1.00 bits per heavy atom. The van der Waals surface area contributed by atoms with E-state index >= 15 is 0 Å². The molecule has 1 fully saturated rings. The Balaban J connectivity index is 0.000000476. The zero-order valence-corrected chi connectivity index (χ0v) is 25.9. The third-order valence-corrected chi connectivity index (χ3v) is 7.88. The van der Waals surface area contributed by atoms with E-state index in [1.165, 1.54) is 17.7 Å². The van der Waals surface area contributed by atoms with Crippen molar-refractivity contribution in [3.8, 4) is 11.8 Å². The number of hydrogen-bond donors (Lipinski definition) is 0. The summed E-state index contributed by atoms with van der Waals surface area (Å²) >= 11 is 0. The van der Waals surface area contributed by atoms with Gasteiger partial charge in [0.2, 0.25) is 0 Å². The maximum absolute atomic E-state index is 13.2. The first kappa shape index (κ1) is 35.7. The minimum Gasteiger partial charge on any atom is -0.489 e. The van der Waals surface area contributed by atoms with Gasteiger partial charge in [-0.2, -0.15) is 17.4 Å². The standard InChI is InChI=1S/C29H34N2O4.C7H3FN.Li/c1-3-30(4-2)18-21-12-14-22(15-13-21)20-35-28-11-7-9-24-25(28)19-31(29(24)34)26-17-16-23(32)8-5-6-10-27(26)33;8-7-3-1-2-6(4-7)5-9;/h7,9,11-15,26H,1-6,8,10,16-20H2;1-2,4H;/q-2;-1;+1. The number of fused-ring (bicyclic) bond motifs is 1. The maximum Gasteiger partial charge on any atom is 1.00 e. The molecule has 1 saturated carbocycles. The van der Waals surface area contributed by atoms with Crippen molar-refractivity contribution in [1.82, 2.24) is 9.80 Å². The van der Waals surface area contributed by atoms with Gasteiger partial charge in [-0.1, -0.05) is 35.9 Å². The summed E-state index contributed by atoms with van der Waals surface area (Å²) < 4.78 is 18.3. The monoisotopic (exact) mass is 601 g/mol. The predicted molar refractivity (Wildman–Crippen MR) is 165 cm³/mol. The van der Waals surface area contributed by atoms with Crippen LogP contribution in [0.2, 0.25) is 0 Å². The van der Waals surface area contributed by atoms with Crippen LogP contribution in [0.5, 0.6) is 5.75 Å². The van der Waals surface area contributed by atoms with Crippen LogP contribution in [-0.4, -0.2) is 46.4 Å². The van der Waals surface area contributed by atoms with E-state index in [0.717, 1.165) is 30.2 Å². The largest absolute Gasteiger partial charge is 1.00 e. The second-order valence-corrected chi connectivity index (χ2v) is 10.9. The van der Waals surface area contributed by atoms with Crippen LogP contribution in [-0.2, 0) is 29.3 Å². The van der Waals surface area contributed by atoms with Crippen LogP contribution in [0.15, 0.2) is 60.7 Å². The zero-order valence-electron chi connectivity index (χ0n) is 25.9. The Bertz CT molecular complexity index is 1500. The molecule has 0 N–H and O–H groups in total. The van der Waals surface area contributed by atoms with Crippen molar-refractivity contribution >= 4 is 17.5 Å². The maximum atomic E-state index is 13.2. The smallest absolute Gasteiger partial charge is 0.489 e. The summed E-state index contributed by atoms with van der Waals surface area (Å²) in [4.78, 5) is 42.0. The van der Waals surface area contributed by atoms with E-state index in [9.17, 15) is 18.8 Å². The van der Waals surface area contributed by atoms with Gasteiger partial charge in [-0.25, -0.2) is 4.39 Å². The van der Waals surface area contributed by atoms with Crippen molar-refractivity contribution in [2.24, 2.45) is 0 Å². The second kappa shape index (κ2) is 17.7. The fourth-order valence-corrected chi connectivity index (χ4v) is 5.35. The van der Waals surface area contributed by atoms with E-state index in [-0.39, 0.29) is 36.3 Å². The Kier molecular flexibility index (Phi) is 14.0. The molecule has 0 saturated heterocycles. The first-order chi connectivity index (χ1) is 21.3. The Morgan fingerprint density at radius 3 is 2.38 bits per heavy atom. The minimum atomic E-state index is -0.548.